The van der Waals surface area contributed by atoms with Crippen LogP contribution in [0.2, 0.25) is 0 Å². The first-order valence-corrected chi connectivity index (χ1v) is 9.27. The first-order valence-electron chi connectivity index (χ1n) is 8.05. The van der Waals surface area contributed by atoms with E-state index in [2.05, 4.69) is 10.6 Å². The summed E-state index contributed by atoms with van der Waals surface area (Å²) in [6, 6.07) is 14.0. The second-order valence-corrected chi connectivity index (χ2v) is 7.75. The summed E-state index contributed by atoms with van der Waals surface area (Å²) in [4.78, 5) is 14.8. The van der Waals surface area contributed by atoms with Crippen LogP contribution in [0.3, 0.4) is 0 Å². The van der Waals surface area contributed by atoms with Crippen LogP contribution < -0.4 is 4.90 Å². The molecule has 0 atom stereocenters. The number of carbonyl (C=O) groups excluding carboxylic acids is 1. The Morgan fingerprint density at radius 1 is 1.15 bits per heavy atom. The van der Waals surface area contributed by atoms with Crippen LogP contribution in [0, 0.1) is 12.7 Å². The van der Waals surface area contributed by atoms with Gasteiger partial charge in [-0.1, -0.05) is 48.2 Å². The number of aryl methyl sites for hydroxylation is 1. The van der Waals surface area contributed by atoms with Crippen LogP contribution in [0.15, 0.2) is 53.4 Å². The Hall–Kier alpha value is -2.44. The van der Waals surface area contributed by atoms with Gasteiger partial charge in [-0.25, -0.2) is 4.39 Å². The number of para-hydroxylation sites is 1. The molecule has 6 heteroatoms. The summed E-state index contributed by atoms with van der Waals surface area (Å²) in [7, 11) is 2.01. The van der Waals surface area contributed by atoms with Crippen molar-refractivity contribution in [3.8, 4) is 0 Å². The monoisotopic (exact) mass is 382 g/mol. The minimum Gasteiger partial charge on any atom is -0.347 e. The lowest BCUT2D eigenvalue weighted by molar-refractivity contribution is -0.113. The Morgan fingerprint density at radius 3 is 2.69 bits per heavy atom. The molecule has 1 amide bonds. The number of benzene rings is 2. The molecule has 3 aromatic rings. The molecule has 4 rings (SSSR count). The summed E-state index contributed by atoms with van der Waals surface area (Å²) in [5.41, 5.74) is 3.63. The molecule has 0 spiro atoms. The van der Waals surface area contributed by atoms with Crippen molar-refractivity contribution >= 4 is 56.9 Å². The molecule has 26 heavy (non-hydrogen) atoms. The van der Waals surface area contributed by atoms with E-state index in [0.717, 1.165) is 22.2 Å². The van der Waals surface area contributed by atoms with E-state index in [1.807, 2.05) is 38.2 Å². The Bertz CT molecular complexity index is 1100. The zero-order chi connectivity index (χ0) is 18.4. The minimum absolute atomic E-state index is 0.224. The van der Waals surface area contributed by atoms with Crippen molar-refractivity contribution < 1.29 is 9.18 Å². The Labute approximate surface area is 160 Å². The van der Waals surface area contributed by atoms with Crippen molar-refractivity contribution in [3.05, 3.63) is 70.5 Å². The lowest BCUT2D eigenvalue weighted by Gasteiger charge is -2.14. The van der Waals surface area contributed by atoms with E-state index in [1.54, 1.807) is 12.1 Å². The molecule has 1 fully saturated rings. The molecule has 0 unspecified atom stereocenters. The lowest BCUT2D eigenvalue weighted by Crippen LogP contribution is -2.27. The van der Waals surface area contributed by atoms with Crippen molar-refractivity contribution in [3.63, 3.8) is 0 Å². The van der Waals surface area contributed by atoms with E-state index in [4.69, 9.17) is 12.2 Å². The van der Waals surface area contributed by atoms with Crippen LogP contribution in [0.4, 0.5) is 10.1 Å². The third kappa shape index (κ3) is 2.66. The Balaban J connectivity index is 1.80. The third-order valence-corrected chi connectivity index (χ3v) is 5.89. The van der Waals surface area contributed by atoms with Gasteiger partial charge in [0.05, 0.1) is 10.6 Å². The number of carbonyl (C=O) groups is 1. The number of thioether (sulfide) groups is 1. The van der Waals surface area contributed by atoms with Crippen LogP contribution in [-0.4, -0.2) is 14.8 Å². The summed E-state index contributed by atoms with van der Waals surface area (Å²) < 4.78 is 16.1. The molecule has 130 valence electrons. The number of rotatable bonds is 2. The summed E-state index contributed by atoms with van der Waals surface area (Å²) >= 11 is 6.61. The van der Waals surface area contributed by atoms with Gasteiger partial charge in [0.2, 0.25) is 0 Å². The maximum Gasteiger partial charge on any atom is 0.270 e. The molecule has 0 bridgehead atoms. The number of aromatic nitrogens is 1. The highest BCUT2D eigenvalue weighted by Crippen LogP contribution is 2.38. The van der Waals surface area contributed by atoms with E-state index in [-0.39, 0.29) is 5.91 Å². The van der Waals surface area contributed by atoms with Crippen LogP contribution in [0.1, 0.15) is 11.3 Å². The van der Waals surface area contributed by atoms with E-state index in [9.17, 15) is 9.18 Å². The summed E-state index contributed by atoms with van der Waals surface area (Å²) in [5, 5.41) is 1.09. The quantitative estimate of drug-likeness (QED) is 0.459. The van der Waals surface area contributed by atoms with Crippen molar-refractivity contribution in [1.29, 1.82) is 0 Å². The lowest BCUT2D eigenvalue weighted by atomic mass is 10.1. The second kappa shape index (κ2) is 6.37. The maximum atomic E-state index is 13.5. The fourth-order valence-corrected chi connectivity index (χ4v) is 4.45. The van der Waals surface area contributed by atoms with Gasteiger partial charge in [0.15, 0.2) is 4.32 Å². The molecule has 1 aliphatic rings. The number of hydrogen-bond acceptors (Lipinski definition) is 3. The van der Waals surface area contributed by atoms with E-state index in [1.165, 1.54) is 28.8 Å². The zero-order valence-electron chi connectivity index (χ0n) is 14.2. The van der Waals surface area contributed by atoms with Gasteiger partial charge in [-0.05, 0) is 37.3 Å². The molecule has 2 heterocycles. The minimum atomic E-state index is -0.398. The Morgan fingerprint density at radius 2 is 1.92 bits per heavy atom. The highest BCUT2D eigenvalue weighted by molar-refractivity contribution is 8.27. The topological polar surface area (TPSA) is 25.2 Å². The van der Waals surface area contributed by atoms with Crippen LogP contribution in [0.5, 0.6) is 0 Å². The van der Waals surface area contributed by atoms with Crippen molar-refractivity contribution in [2.45, 2.75) is 6.92 Å². The second-order valence-electron chi connectivity index (χ2n) is 6.07. The average molecular weight is 382 g/mol. The number of thiocarbonyl (C=S) groups is 1. The summed E-state index contributed by atoms with van der Waals surface area (Å²) in [6.45, 7) is 2.03. The average Bonchev–Trinajstić information content (AvgIpc) is 3.04. The molecule has 3 nitrogen and oxygen atoms in total. The standard InChI is InChI=1S/C20H15FN2OS2/c1-12-16(15-8-3-4-9-17(15)22(12)2)11-18-19(24)23(20(25)26-18)14-7-5-6-13(21)10-14/h3-11H,1-2H3/b18-11+. The van der Waals surface area contributed by atoms with Crippen molar-refractivity contribution in [2.75, 3.05) is 4.90 Å². The van der Waals surface area contributed by atoms with Gasteiger partial charge in [0.1, 0.15) is 5.82 Å². The highest BCUT2D eigenvalue weighted by atomic mass is 32.2. The first-order chi connectivity index (χ1) is 12.5. The zero-order valence-corrected chi connectivity index (χ0v) is 15.8. The van der Waals surface area contributed by atoms with Gasteiger partial charge in [-0.3, -0.25) is 9.69 Å². The van der Waals surface area contributed by atoms with Gasteiger partial charge in [-0.2, -0.15) is 0 Å². The molecule has 2 aromatic carbocycles. The van der Waals surface area contributed by atoms with Gasteiger partial charge in [-0.15, -0.1) is 0 Å². The van der Waals surface area contributed by atoms with Crippen LogP contribution >= 0.6 is 24.0 Å². The van der Waals surface area contributed by atoms with E-state index in [0.29, 0.717) is 14.9 Å². The SMILES string of the molecule is Cc1c(/C=C2/SC(=S)N(c3cccc(F)c3)C2=O)c2ccccc2n1C. The molecule has 0 radical (unpaired) electrons. The van der Waals surface area contributed by atoms with Gasteiger partial charge in [0, 0.05) is 29.2 Å². The predicted octanol–water partition coefficient (Wildman–Crippen LogP) is 5.03. The number of nitrogens with zero attached hydrogens (tertiary/aromatic N) is 2. The van der Waals surface area contributed by atoms with Gasteiger partial charge >= 0.3 is 0 Å². The molecule has 1 saturated heterocycles. The number of halogens is 1. The van der Waals surface area contributed by atoms with Crippen molar-refractivity contribution in [1.82, 2.24) is 4.57 Å². The maximum absolute atomic E-state index is 13.5. The van der Waals surface area contributed by atoms with Crippen molar-refractivity contribution in [2.24, 2.45) is 7.05 Å². The number of hydrogen-bond donors (Lipinski definition) is 0. The summed E-state index contributed by atoms with van der Waals surface area (Å²) in [6.07, 6.45) is 1.89. The molecular weight excluding hydrogens is 367 g/mol. The number of fused-ring (bicyclic) bond motifs is 1. The summed E-state index contributed by atoms with van der Waals surface area (Å²) in [5.74, 6) is -0.622. The first kappa shape index (κ1) is 17.0. The van der Waals surface area contributed by atoms with Crippen LogP contribution in [-0.2, 0) is 11.8 Å². The normalized spacial score (nSPS) is 16.3. The largest absolute Gasteiger partial charge is 0.347 e. The van der Waals surface area contributed by atoms with Gasteiger partial charge in [0.25, 0.3) is 5.91 Å². The smallest absolute Gasteiger partial charge is 0.270 e. The van der Waals surface area contributed by atoms with E-state index < -0.39 is 5.82 Å². The molecule has 1 aromatic heterocycles. The van der Waals surface area contributed by atoms with E-state index >= 15 is 0 Å². The fourth-order valence-electron chi connectivity index (χ4n) is 3.17. The third-order valence-electron chi connectivity index (χ3n) is 4.58. The predicted molar refractivity (Wildman–Crippen MR) is 110 cm³/mol. The molecule has 0 N–H and O–H groups in total. The number of amides is 1. The van der Waals surface area contributed by atoms with Gasteiger partial charge < -0.3 is 4.57 Å². The van der Waals surface area contributed by atoms with Crippen LogP contribution in [0.25, 0.3) is 17.0 Å². The highest BCUT2D eigenvalue weighted by Gasteiger charge is 2.33. The molecule has 0 aliphatic carbocycles. The fraction of sp³-hybridized carbons (Fsp3) is 0.100. The number of anilines is 1. The molecule has 1 aliphatic heterocycles. The molecular formula is C20H15FN2OS2. The molecule has 0 saturated carbocycles. The Kier molecular flexibility index (Phi) is 4.17.